The molecule has 1 fully saturated rings. The van der Waals surface area contributed by atoms with Gasteiger partial charge in [-0.3, -0.25) is 24.8 Å². The fourth-order valence-corrected chi connectivity index (χ4v) is 4.86. The standard InChI is InChI=1S/C25H22BrFN8O4/c1-13(36)23-16-9-14(17-7-8-35(39)25(28)29-17)5-6-18(16)34(32-23)12-22(37)33-11-15(27)10-19(33)24(38)31-21-4-2-3-20(26)30-21/h2-9,15,19H,10-12H2,1H3,(H2,28,29)(H,30,31,38)/t15-,19+/m1/s1. The van der Waals surface area contributed by atoms with Gasteiger partial charge in [0.15, 0.2) is 11.5 Å². The van der Waals surface area contributed by atoms with Gasteiger partial charge in [0, 0.05) is 30.4 Å². The molecular weight excluding hydrogens is 575 g/mol. The zero-order valence-corrected chi connectivity index (χ0v) is 22.1. The lowest BCUT2D eigenvalue weighted by molar-refractivity contribution is -0.592. The lowest BCUT2D eigenvalue weighted by Crippen LogP contribution is -2.44. The number of halogens is 2. The first-order chi connectivity index (χ1) is 18.6. The number of fused-ring (bicyclic) bond motifs is 1. The smallest absolute Gasteiger partial charge is 0.390 e. The van der Waals surface area contributed by atoms with E-state index in [1.807, 2.05) is 0 Å². The average molecular weight is 597 g/mol. The van der Waals surface area contributed by atoms with Crippen LogP contribution in [0.2, 0.25) is 0 Å². The summed E-state index contributed by atoms with van der Waals surface area (Å²) < 4.78 is 16.7. The first-order valence-corrected chi connectivity index (χ1v) is 12.6. The van der Waals surface area contributed by atoms with E-state index in [2.05, 4.69) is 36.3 Å². The second-order valence-corrected chi connectivity index (χ2v) is 9.83. The molecule has 2 atom stereocenters. The summed E-state index contributed by atoms with van der Waals surface area (Å²) in [6.07, 6.45) is -0.295. The molecule has 14 heteroatoms. The van der Waals surface area contributed by atoms with Crippen LogP contribution in [0.5, 0.6) is 0 Å². The summed E-state index contributed by atoms with van der Waals surface area (Å²) in [5.41, 5.74) is 7.23. The third-order valence-electron chi connectivity index (χ3n) is 6.33. The number of Topliss-reactive ketones (excluding diaryl/α,β-unsaturated/α-hetero) is 1. The monoisotopic (exact) mass is 596 g/mol. The molecule has 39 heavy (non-hydrogen) atoms. The summed E-state index contributed by atoms with van der Waals surface area (Å²) in [6.45, 7) is 0.790. The van der Waals surface area contributed by atoms with Crippen LogP contribution < -0.4 is 15.8 Å². The van der Waals surface area contributed by atoms with Gasteiger partial charge in [-0.25, -0.2) is 14.1 Å². The quantitative estimate of drug-likeness (QED) is 0.148. The average Bonchev–Trinajstić information content (AvgIpc) is 3.46. The van der Waals surface area contributed by atoms with E-state index in [1.165, 1.54) is 28.8 Å². The van der Waals surface area contributed by atoms with Crippen molar-refractivity contribution in [1.82, 2.24) is 24.6 Å². The number of rotatable bonds is 6. The summed E-state index contributed by atoms with van der Waals surface area (Å²) in [4.78, 5) is 48.0. The van der Waals surface area contributed by atoms with E-state index < -0.39 is 24.0 Å². The molecule has 0 spiro atoms. The van der Waals surface area contributed by atoms with Crippen molar-refractivity contribution in [1.29, 1.82) is 0 Å². The Kier molecular flexibility index (Phi) is 6.95. The Hall–Kier alpha value is -4.46. The molecule has 200 valence electrons. The summed E-state index contributed by atoms with van der Waals surface area (Å²) in [5, 5.41) is 19.0. The Bertz CT molecular complexity index is 1630. The van der Waals surface area contributed by atoms with Crippen LogP contribution in [-0.4, -0.2) is 61.0 Å². The fraction of sp³-hybridized carbons (Fsp3) is 0.240. The van der Waals surface area contributed by atoms with Crippen LogP contribution >= 0.6 is 15.9 Å². The molecule has 3 aromatic heterocycles. The minimum Gasteiger partial charge on any atom is -0.740 e. The van der Waals surface area contributed by atoms with Gasteiger partial charge in [-0.05, 0) is 46.3 Å². The minimum atomic E-state index is -1.37. The number of benzene rings is 1. The molecule has 1 aromatic carbocycles. The number of hydrogen-bond acceptors (Lipinski definition) is 8. The molecule has 1 saturated heterocycles. The number of nitrogens with zero attached hydrogens (tertiary/aromatic N) is 6. The molecule has 4 aromatic rings. The Balaban J connectivity index is 1.42. The van der Waals surface area contributed by atoms with Crippen molar-refractivity contribution in [3.63, 3.8) is 0 Å². The molecule has 0 radical (unpaired) electrons. The number of nitrogen functional groups attached to an aromatic ring is 1. The Morgan fingerprint density at radius 3 is 2.74 bits per heavy atom. The van der Waals surface area contributed by atoms with Gasteiger partial charge in [0.25, 0.3) is 0 Å². The van der Waals surface area contributed by atoms with Crippen molar-refractivity contribution in [2.45, 2.75) is 32.1 Å². The zero-order chi connectivity index (χ0) is 27.8. The molecule has 12 nitrogen and oxygen atoms in total. The van der Waals surface area contributed by atoms with Crippen LogP contribution in [0.4, 0.5) is 16.2 Å². The predicted molar refractivity (Wildman–Crippen MR) is 142 cm³/mol. The van der Waals surface area contributed by atoms with Gasteiger partial charge in [0.05, 0.1) is 18.3 Å². The van der Waals surface area contributed by atoms with Gasteiger partial charge in [0.1, 0.15) is 34.9 Å². The van der Waals surface area contributed by atoms with E-state index in [-0.39, 0.29) is 42.8 Å². The van der Waals surface area contributed by atoms with Crippen molar-refractivity contribution in [3.05, 3.63) is 64.2 Å². The maximum absolute atomic E-state index is 14.4. The number of alkyl halides is 1. The maximum Gasteiger partial charge on any atom is 0.390 e. The molecule has 0 saturated carbocycles. The van der Waals surface area contributed by atoms with Crippen molar-refractivity contribution in [3.8, 4) is 11.3 Å². The van der Waals surface area contributed by atoms with Crippen molar-refractivity contribution >= 4 is 56.2 Å². The zero-order valence-electron chi connectivity index (χ0n) is 20.5. The van der Waals surface area contributed by atoms with Crippen LogP contribution in [0.25, 0.3) is 22.2 Å². The Labute approximate surface area is 229 Å². The van der Waals surface area contributed by atoms with Gasteiger partial charge in [-0.15, -0.1) is 0 Å². The number of anilines is 2. The van der Waals surface area contributed by atoms with Crippen LogP contribution in [0.3, 0.4) is 0 Å². The number of nitrogens with two attached hydrogens (primary N) is 1. The molecular formula is C25H22BrFN8O4. The molecule has 5 rings (SSSR count). The van der Waals surface area contributed by atoms with E-state index in [9.17, 15) is 24.0 Å². The normalized spacial score (nSPS) is 16.9. The molecule has 3 N–H and O–H groups in total. The largest absolute Gasteiger partial charge is 0.740 e. The lowest BCUT2D eigenvalue weighted by atomic mass is 10.1. The number of nitrogens with one attached hydrogen (secondary N) is 1. The lowest BCUT2D eigenvalue weighted by Gasteiger charge is -2.23. The van der Waals surface area contributed by atoms with E-state index in [4.69, 9.17) is 5.73 Å². The number of aromatic nitrogens is 5. The molecule has 0 aliphatic carbocycles. The number of hydrogen-bond donors (Lipinski definition) is 2. The molecule has 0 unspecified atom stereocenters. The number of amides is 2. The van der Waals surface area contributed by atoms with Crippen LogP contribution in [-0.2, 0) is 16.1 Å². The van der Waals surface area contributed by atoms with Crippen LogP contribution in [0.1, 0.15) is 23.8 Å². The second-order valence-electron chi connectivity index (χ2n) is 9.02. The molecule has 4 heterocycles. The molecule has 2 amide bonds. The van der Waals surface area contributed by atoms with Gasteiger partial charge in [-0.2, -0.15) is 5.10 Å². The number of likely N-dealkylation sites (tertiary alicyclic amines) is 1. The number of pyridine rings is 1. The van der Waals surface area contributed by atoms with Crippen molar-refractivity contribution in [2.24, 2.45) is 0 Å². The van der Waals surface area contributed by atoms with Crippen LogP contribution in [0, 0.1) is 5.21 Å². The van der Waals surface area contributed by atoms with E-state index in [0.29, 0.717) is 31.5 Å². The second kappa shape index (κ2) is 10.4. The number of carbonyl (C=O) groups excluding carboxylic acids is 3. The predicted octanol–water partition coefficient (Wildman–Crippen LogP) is 2.25. The summed E-state index contributed by atoms with van der Waals surface area (Å²) >= 11 is 3.23. The summed E-state index contributed by atoms with van der Waals surface area (Å²) in [6, 6.07) is 10.4. The topological polar surface area (TPSA) is 163 Å². The maximum atomic E-state index is 14.4. The van der Waals surface area contributed by atoms with E-state index in [1.54, 1.807) is 36.4 Å². The van der Waals surface area contributed by atoms with E-state index >= 15 is 0 Å². The SMILES string of the molecule is CC(=O)c1nn(CC(=O)N2C[C@H](F)C[C@H]2C(=O)Nc2cccc(Br)n2)c2ccc(-c3cc[n+]([O-])c(N)n3)cc12. The first kappa shape index (κ1) is 26.2. The highest BCUT2D eigenvalue weighted by molar-refractivity contribution is 9.10. The first-order valence-electron chi connectivity index (χ1n) is 11.8. The summed E-state index contributed by atoms with van der Waals surface area (Å²) in [5.74, 6) is -1.37. The van der Waals surface area contributed by atoms with Crippen molar-refractivity contribution < 1.29 is 23.5 Å². The van der Waals surface area contributed by atoms with Crippen LogP contribution in [0.15, 0.2) is 53.3 Å². The fourth-order valence-electron chi connectivity index (χ4n) is 4.52. The van der Waals surface area contributed by atoms with Gasteiger partial charge in [0.2, 0.25) is 11.8 Å². The van der Waals surface area contributed by atoms with Gasteiger partial charge < -0.3 is 15.4 Å². The van der Waals surface area contributed by atoms with Gasteiger partial charge >= 0.3 is 5.95 Å². The third kappa shape index (κ3) is 5.27. The highest BCUT2D eigenvalue weighted by atomic mass is 79.9. The van der Waals surface area contributed by atoms with Gasteiger partial charge in [-0.1, -0.05) is 11.1 Å². The minimum absolute atomic E-state index is 0.127. The highest BCUT2D eigenvalue weighted by Crippen LogP contribution is 2.27. The van der Waals surface area contributed by atoms with E-state index in [0.717, 1.165) is 0 Å². The third-order valence-corrected chi connectivity index (χ3v) is 6.77. The highest BCUT2D eigenvalue weighted by Gasteiger charge is 2.40. The molecule has 0 bridgehead atoms. The Morgan fingerprint density at radius 1 is 1.23 bits per heavy atom. The molecule has 1 aliphatic heterocycles. The number of carbonyl (C=O) groups is 3. The summed E-state index contributed by atoms with van der Waals surface area (Å²) in [7, 11) is 0. The number of ketones is 1. The Morgan fingerprint density at radius 2 is 2.03 bits per heavy atom. The molecule has 1 aliphatic rings. The van der Waals surface area contributed by atoms with Crippen molar-refractivity contribution in [2.75, 3.05) is 17.6 Å².